The van der Waals surface area contributed by atoms with Gasteiger partial charge in [0.15, 0.2) is 0 Å². The van der Waals surface area contributed by atoms with Crippen LogP contribution in [0.1, 0.15) is 16.8 Å². The second-order valence-corrected chi connectivity index (χ2v) is 3.78. The van der Waals surface area contributed by atoms with E-state index in [0.717, 1.165) is 11.3 Å². The Balaban J connectivity index is 2.58. The molecule has 2 aromatic rings. The number of hydrogen-bond acceptors (Lipinski definition) is 2. The topological polar surface area (TPSA) is 54.7 Å². The molecule has 0 spiro atoms. The SMILES string of the molecule is Cc1ccc(C)c(-c2cn[nH]c2CN)c1. The minimum absolute atomic E-state index is 0.489. The van der Waals surface area contributed by atoms with Crippen molar-refractivity contribution in [3.63, 3.8) is 0 Å². The van der Waals surface area contributed by atoms with Gasteiger partial charge < -0.3 is 5.73 Å². The van der Waals surface area contributed by atoms with Crippen molar-refractivity contribution in [3.05, 3.63) is 41.2 Å². The van der Waals surface area contributed by atoms with Crippen molar-refractivity contribution in [2.45, 2.75) is 20.4 Å². The number of nitrogens with two attached hydrogens (primary N) is 1. The number of rotatable bonds is 2. The molecular weight excluding hydrogens is 186 g/mol. The van der Waals surface area contributed by atoms with Crippen molar-refractivity contribution in [1.82, 2.24) is 10.2 Å². The summed E-state index contributed by atoms with van der Waals surface area (Å²) in [5.74, 6) is 0. The third-order valence-electron chi connectivity index (χ3n) is 2.61. The average molecular weight is 201 g/mol. The van der Waals surface area contributed by atoms with Gasteiger partial charge in [0.2, 0.25) is 0 Å². The van der Waals surface area contributed by atoms with Gasteiger partial charge in [0.05, 0.1) is 11.9 Å². The Morgan fingerprint density at radius 2 is 2.07 bits per heavy atom. The van der Waals surface area contributed by atoms with Gasteiger partial charge in [-0.15, -0.1) is 0 Å². The molecular formula is C12H15N3. The minimum atomic E-state index is 0.489. The van der Waals surface area contributed by atoms with Gasteiger partial charge in [-0.05, 0) is 25.0 Å². The highest BCUT2D eigenvalue weighted by molar-refractivity contribution is 5.69. The third-order valence-corrected chi connectivity index (χ3v) is 2.61. The average Bonchev–Trinajstić information content (AvgIpc) is 2.69. The van der Waals surface area contributed by atoms with Crippen LogP contribution in [0.2, 0.25) is 0 Å². The van der Waals surface area contributed by atoms with Crippen LogP contribution in [0.15, 0.2) is 24.4 Å². The van der Waals surface area contributed by atoms with Gasteiger partial charge in [0.25, 0.3) is 0 Å². The maximum Gasteiger partial charge on any atom is 0.0569 e. The number of hydrogen-bond donors (Lipinski definition) is 2. The number of nitrogens with one attached hydrogen (secondary N) is 1. The Morgan fingerprint density at radius 1 is 1.27 bits per heavy atom. The van der Waals surface area contributed by atoms with Gasteiger partial charge in [-0.2, -0.15) is 5.10 Å². The monoisotopic (exact) mass is 201 g/mol. The van der Waals surface area contributed by atoms with Crippen LogP contribution in [-0.4, -0.2) is 10.2 Å². The third kappa shape index (κ3) is 1.78. The van der Waals surface area contributed by atoms with Crippen LogP contribution in [0.4, 0.5) is 0 Å². The van der Waals surface area contributed by atoms with Crippen LogP contribution in [0.3, 0.4) is 0 Å². The number of H-pyrrole nitrogens is 1. The first kappa shape index (κ1) is 9.93. The molecule has 0 aliphatic carbocycles. The van der Waals surface area contributed by atoms with E-state index in [2.05, 4.69) is 42.2 Å². The highest BCUT2D eigenvalue weighted by Gasteiger charge is 2.08. The second kappa shape index (κ2) is 3.87. The van der Waals surface area contributed by atoms with E-state index in [1.807, 2.05) is 6.20 Å². The largest absolute Gasteiger partial charge is 0.325 e. The van der Waals surface area contributed by atoms with Gasteiger partial charge >= 0.3 is 0 Å². The molecule has 0 saturated heterocycles. The lowest BCUT2D eigenvalue weighted by Crippen LogP contribution is -1.99. The zero-order valence-electron chi connectivity index (χ0n) is 9.04. The summed E-state index contributed by atoms with van der Waals surface area (Å²) in [6.45, 7) is 4.68. The number of benzene rings is 1. The van der Waals surface area contributed by atoms with Gasteiger partial charge in [0.1, 0.15) is 0 Å². The molecule has 0 saturated carbocycles. The molecule has 0 fully saturated rings. The van der Waals surface area contributed by atoms with Crippen molar-refractivity contribution in [2.75, 3.05) is 0 Å². The molecule has 78 valence electrons. The lowest BCUT2D eigenvalue weighted by molar-refractivity contribution is 0.948. The quantitative estimate of drug-likeness (QED) is 0.782. The van der Waals surface area contributed by atoms with Crippen molar-refractivity contribution >= 4 is 0 Å². The first-order valence-corrected chi connectivity index (χ1v) is 5.02. The molecule has 1 aromatic carbocycles. The Kier molecular flexibility index (Phi) is 2.56. The smallest absolute Gasteiger partial charge is 0.0569 e. The zero-order valence-corrected chi connectivity index (χ0v) is 9.04. The molecule has 2 rings (SSSR count). The van der Waals surface area contributed by atoms with Crippen LogP contribution in [0.25, 0.3) is 11.1 Å². The number of aromatic amines is 1. The summed E-state index contributed by atoms with van der Waals surface area (Å²) < 4.78 is 0. The van der Waals surface area contributed by atoms with E-state index in [0.29, 0.717) is 6.54 Å². The zero-order chi connectivity index (χ0) is 10.8. The number of aryl methyl sites for hydroxylation is 2. The fourth-order valence-electron chi connectivity index (χ4n) is 1.73. The van der Waals surface area contributed by atoms with Crippen LogP contribution >= 0.6 is 0 Å². The first-order valence-electron chi connectivity index (χ1n) is 5.02. The first-order chi connectivity index (χ1) is 7.22. The van der Waals surface area contributed by atoms with Crippen molar-refractivity contribution in [1.29, 1.82) is 0 Å². The predicted molar refractivity (Wildman–Crippen MR) is 61.4 cm³/mol. The maximum absolute atomic E-state index is 5.65. The lowest BCUT2D eigenvalue weighted by Gasteiger charge is -2.06. The lowest BCUT2D eigenvalue weighted by atomic mass is 9.99. The summed E-state index contributed by atoms with van der Waals surface area (Å²) in [5.41, 5.74) is 11.5. The molecule has 3 N–H and O–H groups in total. The summed E-state index contributed by atoms with van der Waals surface area (Å²) in [4.78, 5) is 0. The second-order valence-electron chi connectivity index (χ2n) is 3.78. The fraction of sp³-hybridized carbons (Fsp3) is 0.250. The molecule has 0 aliphatic rings. The summed E-state index contributed by atoms with van der Waals surface area (Å²) in [5, 5.41) is 6.96. The van der Waals surface area contributed by atoms with Crippen molar-refractivity contribution < 1.29 is 0 Å². The van der Waals surface area contributed by atoms with Crippen LogP contribution in [0.5, 0.6) is 0 Å². The fourth-order valence-corrected chi connectivity index (χ4v) is 1.73. The van der Waals surface area contributed by atoms with E-state index >= 15 is 0 Å². The molecule has 15 heavy (non-hydrogen) atoms. The van der Waals surface area contributed by atoms with E-state index in [9.17, 15) is 0 Å². The Labute approximate surface area is 89.3 Å². The molecule has 0 unspecified atom stereocenters. The highest BCUT2D eigenvalue weighted by Crippen LogP contribution is 2.26. The molecule has 3 heteroatoms. The van der Waals surface area contributed by atoms with E-state index in [1.165, 1.54) is 16.7 Å². The van der Waals surface area contributed by atoms with E-state index < -0.39 is 0 Å². The molecule has 0 amide bonds. The molecule has 1 heterocycles. The Morgan fingerprint density at radius 3 is 2.80 bits per heavy atom. The van der Waals surface area contributed by atoms with Gasteiger partial charge in [-0.1, -0.05) is 23.8 Å². The molecule has 0 atom stereocenters. The summed E-state index contributed by atoms with van der Waals surface area (Å²) >= 11 is 0. The maximum atomic E-state index is 5.65. The number of aromatic nitrogens is 2. The van der Waals surface area contributed by atoms with Crippen molar-refractivity contribution in [3.8, 4) is 11.1 Å². The van der Waals surface area contributed by atoms with Crippen LogP contribution in [-0.2, 0) is 6.54 Å². The molecule has 1 aromatic heterocycles. The minimum Gasteiger partial charge on any atom is -0.325 e. The van der Waals surface area contributed by atoms with Crippen LogP contribution < -0.4 is 5.73 Å². The predicted octanol–water partition coefficient (Wildman–Crippen LogP) is 2.15. The Hall–Kier alpha value is -1.61. The van der Waals surface area contributed by atoms with E-state index in [1.54, 1.807) is 0 Å². The summed E-state index contributed by atoms with van der Waals surface area (Å²) in [6.07, 6.45) is 1.84. The van der Waals surface area contributed by atoms with Crippen molar-refractivity contribution in [2.24, 2.45) is 5.73 Å². The summed E-state index contributed by atoms with van der Waals surface area (Å²) in [6, 6.07) is 6.40. The van der Waals surface area contributed by atoms with Gasteiger partial charge in [-0.25, -0.2) is 0 Å². The standard InChI is InChI=1S/C12H15N3/c1-8-3-4-9(2)10(5-8)11-7-14-15-12(11)6-13/h3-5,7H,6,13H2,1-2H3,(H,14,15). The molecule has 3 nitrogen and oxygen atoms in total. The van der Waals surface area contributed by atoms with Gasteiger partial charge in [0, 0.05) is 12.1 Å². The summed E-state index contributed by atoms with van der Waals surface area (Å²) in [7, 11) is 0. The van der Waals surface area contributed by atoms with E-state index in [4.69, 9.17) is 5.73 Å². The number of nitrogens with zero attached hydrogens (tertiary/aromatic N) is 1. The molecule has 0 aliphatic heterocycles. The van der Waals surface area contributed by atoms with E-state index in [-0.39, 0.29) is 0 Å². The molecule has 0 radical (unpaired) electrons. The highest BCUT2D eigenvalue weighted by atomic mass is 15.1. The van der Waals surface area contributed by atoms with Gasteiger partial charge in [-0.3, -0.25) is 5.10 Å². The normalized spacial score (nSPS) is 10.6. The molecule has 0 bridgehead atoms. The van der Waals surface area contributed by atoms with Crippen LogP contribution in [0, 0.1) is 13.8 Å². The Bertz CT molecular complexity index is 471.